The minimum absolute atomic E-state index is 0.0371. The topological polar surface area (TPSA) is 117 Å². The van der Waals surface area contributed by atoms with Crippen LogP contribution in [0.4, 0.5) is 26.3 Å². The molecule has 0 aliphatic carbocycles. The zero-order chi connectivity index (χ0) is 27.9. The lowest BCUT2D eigenvalue weighted by Crippen LogP contribution is -2.32. The Labute approximate surface area is 209 Å². The Morgan fingerprint density at radius 3 is 2.42 bits per heavy atom. The molecule has 0 saturated carbocycles. The number of hydrogen-bond donors (Lipinski definition) is 1. The minimum atomic E-state index is -4.88. The number of pyridine rings is 1. The molecule has 0 unspecified atom stereocenters. The number of hydrogen-bond acceptors (Lipinski definition) is 8. The first-order valence-corrected chi connectivity index (χ1v) is 10.9. The number of alkyl halides is 3. The van der Waals surface area contributed by atoms with Crippen molar-refractivity contribution in [2.75, 3.05) is 0 Å². The van der Waals surface area contributed by atoms with Gasteiger partial charge in [0.25, 0.3) is 5.88 Å². The molecule has 0 amide bonds. The van der Waals surface area contributed by atoms with Crippen LogP contribution in [0, 0.1) is 24.4 Å². The molecule has 0 saturated heterocycles. The Balaban J connectivity index is 1.99. The number of halogens is 6. The molecule has 0 radical (unpaired) electrons. The van der Waals surface area contributed by atoms with Crippen LogP contribution in [0.2, 0.25) is 0 Å². The standard InChI is InChI=1S/C22H18F6N6O4/c1-4-33-15(8-35)32-34(21(33)36)18-17(25)11-7-29-31-20(38-14-6-13(24)12(23)5-9(14)2)16(11)19(30-18)37-10(3)22(26,27)28/h5-7,10,35H,4,8H2,1-3H3/t10-/m0/s1. The number of aliphatic hydroxyl groups excluding tert-OH is 1. The first-order chi connectivity index (χ1) is 17.9. The molecule has 4 aromatic rings. The van der Waals surface area contributed by atoms with Gasteiger partial charge in [0.2, 0.25) is 5.88 Å². The van der Waals surface area contributed by atoms with Crippen LogP contribution in [0.3, 0.4) is 0 Å². The van der Waals surface area contributed by atoms with Gasteiger partial charge in [0.1, 0.15) is 17.7 Å². The molecule has 0 aliphatic rings. The van der Waals surface area contributed by atoms with Crippen molar-refractivity contribution < 1.29 is 40.9 Å². The number of aryl methyl sites for hydroxylation is 1. The lowest BCUT2D eigenvalue weighted by molar-refractivity contribution is -0.189. The average Bonchev–Trinajstić information content (AvgIpc) is 3.18. The molecule has 3 heterocycles. The van der Waals surface area contributed by atoms with Crippen LogP contribution in [-0.4, -0.2) is 46.9 Å². The molecule has 0 bridgehead atoms. The highest BCUT2D eigenvalue weighted by Crippen LogP contribution is 2.38. The zero-order valence-electron chi connectivity index (χ0n) is 19.8. The van der Waals surface area contributed by atoms with E-state index in [0.717, 1.165) is 16.8 Å². The van der Waals surface area contributed by atoms with Gasteiger partial charge in [0.05, 0.1) is 11.6 Å². The van der Waals surface area contributed by atoms with Crippen molar-refractivity contribution in [2.45, 2.75) is 46.2 Å². The Hall–Kier alpha value is -4.21. The normalized spacial score (nSPS) is 12.7. The van der Waals surface area contributed by atoms with E-state index in [2.05, 4.69) is 20.3 Å². The number of ether oxygens (including phenoxy) is 2. The van der Waals surface area contributed by atoms with E-state index >= 15 is 4.39 Å². The first-order valence-electron chi connectivity index (χ1n) is 10.9. The molecule has 202 valence electrons. The summed E-state index contributed by atoms with van der Waals surface area (Å²) in [5, 5.41) is 19.5. The average molecular weight is 544 g/mol. The lowest BCUT2D eigenvalue weighted by atomic mass is 10.2. The SMILES string of the molecule is CCn1c(CO)nn(-c2nc(O[C@@H](C)C(F)(F)F)c3c(Oc4cc(F)c(F)cc4C)nncc3c2F)c1=O. The highest BCUT2D eigenvalue weighted by molar-refractivity contribution is 5.92. The second-order valence-corrected chi connectivity index (χ2v) is 7.94. The van der Waals surface area contributed by atoms with Crippen molar-refractivity contribution in [1.82, 2.24) is 29.5 Å². The predicted molar refractivity (Wildman–Crippen MR) is 118 cm³/mol. The van der Waals surface area contributed by atoms with Gasteiger partial charge in [-0.05, 0) is 32.4 Å². The molecule has 0 aliphatic heterocycles. The maximum absolute atomic E-state index is 15.7. The summed E-state index contributed by atoms with van der Waals surface area (Å²) in [4.78, 5) is 16.6. The smallest absolute Gasteiger partial charge is 0.425 e. The Bertz CT molecular complexity index is 1590. The first kappa shape index (κ1) is 26.8. The van der Waals surface area contributed by atoms with E-state index in [1.165, 1.54) is 6.92 Å². The highest BCUT2D eigenvalue weighted by atomic mass is 19.4. The van der Waals surface area contributed by atoms with E-state index < -0.39 is 70.4 Å². The van der Waals surface area contributed by atoms with Crippen molar-refractivity contribution in [2.24, 2.45) is 0 Å². The van der Waals surface area contributed by atoms with Gasteiger partial charge in [0, 0.05) is 12.6 Å². The van der Waals surface area contributed by atoms with Crippen molar-refractivity contribution in [3.05, 3.63) is 57.7 Å². The second kappa shape index (κ2) is 9.92. The van der Waals surface area contributed by atoms with Crippen LogP contribution in [0.25, 0.3) is 16.6 Å². The summed E-state index contributed by atoms with van der Waals surface area (Å²) in [6.07, 6.45) is -6.54. The summed E-state index contributed by atoms with van der Waals surface area (Å²) in [5.74, 6) is -6.54. The van der Waals surface area contributed by atoms with E-state index in [0.29, 0.717) is 17.7 Å². The van der Waals surface area contributed by atoms with Gasteiger partial charge in [-0.1, -0.05) is 0 Å². The third kappa shape index (κ3) is 4.73. The quantitative estimate of drug-likeness (QED) is 0.350. The fourth-order valence-electron chi connectivity index (χ4n) is 3.45. The third-order valence-electron chi connectivity index (χ3n) is 5.44. The molecule has 0 spiro atoms. The fourth-order valence-corrected chi connectivity index (χ4v) is 3.45. The lowest BCUT2D eigenvalue weighted by Gasteiger charge is -2.19. The Morgan fingerprint density at radius 2 is 1.82 bits per heavy atom. The van der Waals surface area contributed by atoms with E-state index in [-0.39, 0.29) is 23.7 Å². The molecule has 1 aromatic carbocycles. The third-order valence-corrected chi connectivity index (χ3v) is 5.44. The molecule has 3 aromatic heterocycles. The number of aromatic nitrogens is 6. The van der Waals surface area contributed by atoms with E-state index in [1.54, 1.807) is 6.92 Å². The van der Waals surface area contributed by atoms with Crippen LogP contribution < -0.4 is 15.2 Å². The highest BCUT2D eigenvalue weighted by Gasteiger charge is 2.39. The van der Waals surface area contributed by atoms with Crippen LogP contribution >= 0.6 is 0 Å². The molecule has 1 N–H and O–H groups in total. The van der Waals surface area contributed by atoms with Crippen LogP contribution in [0.15, 0.2) is 23.1 Å². The number of fused-ring (bicyclic) bond motifs is 1. The van der Waals surface area contributed by atoms with Crippen LogP contribution in [0.1, 0.15) is 25.2 Å². The van der Waals surface area contributed by atoms with Crippen molar-refractivity contribution in [1.29, 1.82) is 0 Å². The van der Waals surface area contributed by atoms with Crippen molar-refractivity contribution in [3.8, 4) is 23.3 Å². The summed E-state index contributed by atoms with van der Waals surface area (Å²) >= 11 is 0. The van der Waals surface area contributed by atoms with Gasteiger partial charge >= 0.3 is 11.9 Å². The molecule has 16 heteroatoms. The van der Waals surface area contributed by atoms with Gasteiger partial charge in [-0.2, -0.15) is 27.9 Å². The number of aliphatic hydroxyl groups is 1. The molecular weight excluding hydrogens is 526 g/mol. The number of rotatable bonds is 7. The summed E-state index contributed by atoms with van der Waals surface area (Å²) < 4.78 is 95.1. The van der Waals surface area contributed by atoms with Gasteiger partial charge in [-0.15, -0.1) is 10.2 Å². The minimum Gasteiger partial charge on any atom is -0.464 e. The summed E-state index contributed by atoms with van der Waals surface area (Å²) in [7, 11) is 0. The van der Waals surface area contributed by atoms with E-state index in [4.69, 9.17) is 9.47 Å². The molecule has 4 rings (SSSR count). The fraction of sp³-hybridized carbons (Fsp3) is 0.318. The number of benzene rings is 1. The molecule has 10 nitrogen and oxygen atoms in total. The largest absolute Gasteiger partial charge is 0.464 e. The summed E-state index contributed by atoms with van der Waals surface area (Å²) in [5.41, 5.74) is -0.861. The molecule has 38 heavy (non-hydrogen) atoms. The van der Waals surface area contributed by atoms with Gasteiger partial charge < -0.3 is 14.6 Å². The predicted octanol–water partition coefficient (Wildman–Crippen LogP) is 3.73. The Kier molecular flexibility index (Phi) is 7.01. The van der Waals surface area contributed by atoms with Crippen molar-refractivity contribution in [3.63, 3.8) is 0 Å². The number of nitrogens with zero attached hydrogens (tertiary/aromatic N) is 6. The molecular formula is C22H18F6N6O4. The Morgan fingerprint density at radius 1 is 1.13 bits per heavy atom. The molecule has 0 fully saturated rings. The van der Waals surface area contributed by atoms with Gasteiger partial charge in [-0.25, -0.2) is 18.0 Å². The second-order valence-electron chi connectivity index (χ2n) is 7.94. The van der Waals surface area contributed by atoms with Crippen LogP contribution in [-0.2, 0) is 13.2 Å². The maximum Gasteiger partial charge on any atom is 0.425 e. The summed E-state index contributed by atoms with van der Waals surface area (Å²) in [6, 6.07) is 1.47. The maximum atomic E-state index is 15.7. The van der Waals surface area contributed by atoms with E-state index in [9.17, 15) is 31.9 Å². The monoisotopic (exact) mass is 544 g/mol. The van der Waals surface area contributed by atoms with Gasteiger partial charge in [0.15, 0.2) is 35.2 Å². The van der Waals surface area contributed by atoms with Crippen LogP contribution in [0.5, 0.6) is 17.5 Å². The van der Waals surface area contributed by atoms with Gasteiger partial charge in [-0.3, -0.25) is 4.57 Å². The summed E-state index contributed by atoms with van der Waals surface area (Å²) in [6.45, 7) is 2.90. The van der Waals surface area contributed by atoms with E-state index in [1.807, 2.05) is 0 Å². The van der Waals surface area contributed by atoms with Crippen molar-refractivity contribution >= 4 is 10.8 Å². The molecule has 1 atom stereocenters. The zero-order valence-corrected chi connectivity index (χ0v) is 19.8.